The zero-order valence-corrected chi connectivity index (χ0v) is 20.2. The monoisotopic (exact) mass is 500 g/mol. The average Bonchev–Trinajstić information content (AvgIpc) is 3.28. The maximum absolute atomic E-state index is 13.0. The Balaban J connectivity index is 1.34. The molecule has 9 nitrogen and oxygen atoms in total. The average molecular weight is 501 g/mol. The Labute approximate surface area is 214 Å². The van der Waals surface area contributed by atoms with Crippen LogP contribution in [0.4, 0.5) is 0 Å². The van der Waals surface area contributed by atoms with Crippen molar-refractivity contribution in [1.29, 1.82) is 0 Å². The van der Waals surface area contributed by atoms with Gasteiger partial charge in [-0.1, -0.05) is 54.6 Å². The van der Waals surface area contributed by atoms with Gasteiger partial charge in [-0.3, -0.25) is 19.4 Å². The fourth-order valence-electron chi connectivity index (χ4n) is 4.26. The minimum absolute atomic E-state index is 0.0861. The number of benzene rings is 2. The summed E-state index contributed by atoms with van der Waals surface area (Å²) in [5.41, 5.74) is 2.93. The van der Waals surface area contributed by atoms with Gasteiger partial charge < -0.3 is 20.6 Å². The summed E-state index contributed by atoms with van der Waals surface area (Å²) >= 11 is 0. The minimum Gasteiger partial charge on any atom is -0.480 e. The van der Waals surface area contributed by atoms with E-state index in [1.807, 2.05) is 30.3 Å². The highest BCUT2D eigenvalue weighted by atomic mass is 16.4. The Morgan fingerprint density at radius 1 is 0.973 bits per heavy atom. The van der Waals surface area contributed by atoms with E-state index in [1.165, 1.54) is 11.1 Å². The van der Waals surface area contributed by atoms with E-state index in [4.69, 9.17) is 0 Å². The molecular weight excluding hydrogens is 472 g/mol. The molecule has 1 aromatic heterocycles. The van der Waals surface area contributed by atoms with Crippen molar-refractivity contribution >= 4 is 23.7 Å². The molecule has 1 aliphatic heterocycles. The van der Waals surface area contributed by atoms with Gasteiger partial charge >= 0.3 is 5.97 Å². The van der Waals surface area contributed by atoms with Crippen LogP contribution >= 0.6 is 0 Å². The quantitative estimate of drug-likeness (QED) is 0.392. The van der Waals surface area contributed by atoms with Crippen LogP contribution in [0.25, 0.3) is 0 Å². The maximum Gasteiger partial charge on any atom is 0.326 e. The normalized spacial score (nSPS) is 15.7. The van der Waals surface area contributed by atoms with Crippen molar-refractivity contribution in [2.45, 2.75) is 44.4 Å². The van der Waals surface area contributed by atoms with Gasteiger partial charge in [0, 0.05) is 38.3 Å². The summed E-state index contributed by atoms with van der Waals surface area (Å²) in [4.78, 5) is 55.0. The zero-order chi connectivity index (χ0) is 26.2. The Hall–Kier alpha value is -4.53. The van der Waals surface area contributed by atoms with Crippen molar-refractivity contribution in [2.75, 3.05) is 0 Å². The molecule has 9 heteroatoms. The SMILES string of the molecule is O=C(NCc1ccc(C[C@H](NC(=O)[C@@H]2CCC(=O)N2Cc2ccccc2)C(=O)O)cc1)c1cccnc1. The molecule has 2 heterocycles. The van der Waals surface area contributed by atoms with Crippen molar-refractivity contribution in [3.63, 3.8) is 0 Å². The molecule has 0 radical (unpaired) electrons. The molecule has 3 amide bonds. The van der Waals surface area contributed by atoms with Gasteiger partial charge in [0.05, 0.1) is 5.56 Å². The lowest BCUT2D eigenvalue weighted by Gasteiger charge is -2.26. The van der Waals surface area contributed by atoms with E-state index in [-0.39, 0.29) is 24.7 Å². The summed E-state index contributed by atoms with van der Waals surface area (Å²) in [6.07, 6.45) is 3.77. The van der Waals surface area contributed by atoms with Crippen molar-refractivity contribution in [3.05, 3.63) is 101 Å². The van der Waals surface area contributed by atoms with E-state index in [0.29, 0.717) is 25.1 Å². The van der Waals surface area contributed by atoms with Crippen LogP contribution in [-0.4, -0.2) is 50.8 Å². The van der Waals surface area contributed by atoms with Crippen LogP contribution in [0.15, 0.2) is 79.1 Å². The predicted molar refractivity (Wildman–Crippen MR) is 135 cm³/mol. The van der Waals surface area contributed by atoms with Crippen LogP contribution in [0, 0.1) is 0 Å². The number of likely N-dealkylation sites (tertiary alicyclic amines) is 1. The molecular formula is C28H28N4O5. The Morgan fingerprint density at radius 3 is 2.38 bits per heavy atom. The second kappa shape index (κ2) is 11.9. The molecule has 37 heavy (non-hydrogen) atoms. The van der Waals surface area contributed by atoms with Gasteiger partial charge in [0.1, 0.15) is 12.1 Å². The second-order valence-electron chi connectivity index (χ2n) is 8.91. The minimum atomic E-state index is -1.15. The van der Waals surface area contributed by atoms with Gasteiger partial charge in [-0.05, 0) is 35.2 Å². The summed E-state index contributed by atoms with van der Waals surface area (Å²) in [5, 5.41) is 15.2. The van der Waals surface area contributed by atoms with Gasteiger partial charge in [0.15, 0.2) is 0 Å². The number of hydrogen-bond acceptors (Lipinski definition) is 5. The van der Waals surface area contributed by atoms with Gasteiger partial charge in [-0.2, -0.15) is 0 Å². The number of pyridine rings is 1. The summed E-state index contributed by atoms with van der Waals surface area (Å²) < 4.78 is 0. The third-order valence-electron chi connectivity index (χ3n) is 6.28. The van der Waals surface area contributed by atoms with Gasteiger partial charge in [0.2, 0.25) is 11.8 Å². The summed E-state index contributed by atoms with van der Waals surface area (Å²) in [6, 6.07) is 18.0. The predicted octanol–water partition coefficient (Wildman–Crippen LogP) is 2.31. The smallest absolute Gasteiger partial charge is 0.326 e. The number of nitrogens with one attached hydrogen (secondary N) is 2. The molecule has 190 valence electrons. The zero-order valence-electron chi connectivity index (χ0n) is 20.2. The first-order chi connectivity index (χ1) is 17.9. The fraction of sp³-hybridized carbons (Fsp3) is 0.250. The van der Waals surface area contributed by atoms with Gasteiger partial charge in [-0.15, -0.1) is 0 Å². The van der Waals surface area contributed by atoms with Crippen LogP contribution in [-0.2, 0) is 33.9 Å². The number of carboxylic acids is 1. The summed E-state index contributed by atoms with van der Waals surface area (Å²) in [6.45, 7) is 0.605. The number of rotatable bonds is 10. The molecule has 4 rings (SSSR count). The van der Waals surface area contributed by atoms with E-state index in [1.54, 1.807) is 42.6 Å². The van der Waals surface area contributed by atoms with Gasteiger partial charge in [0.25, 0.3) is 5.91 Å². The molecule has 0 aliphatic carbocycles. The maximum atomic E-state index is 13.0. The number of nitrogens with zero attached hydrogens (tertiary/aromatic N) is 2. The lowest BCUT2D eigenvalue weighted by Crippen LogP contribution is -2.50. The molecule has 2 aromatic carbocycles. The van der Waals surface area contributed by atoms with E-state index < -0.39 is 24.0 Å². The largest absolute Gasteiger partial charge is 0.480 e. The standard InChI is InChI=1S/C28H28N4O5/c33-25-13-12-24(32(25)18-21-5-2-1-3-6-21)27(35)31-23(28(36)37)15-19-8-10-20(11-9-19)16-30-26(34)22-7-4-14-29-17-22/h1-11,14,17,23-24H,12-13,15-16,18H2,(H,30,34)(H,31,35)(H,36,37)/t23-,24-/m0/s1. The lowest BCUT2D eigenvalue weighted by atomic mass is 10.0. The number of carbonyl (C=O) groups is 4. The van der Waals surface area contributed by atoms with E-state index in [9.17, 15) is 24.3 Å². The Bertz CT molecular complexity index is 1250. The molecule has 0 saturated carbocycles. The molecule has 2 atom stereocenters. The highest BCUT2D eigenvalue weighted by Gasteiger charge is 2.37. The first-order valence-electron chi connectivity index (χ1n) is 12.0. The first kappa shape index (κ1) is 25.6. The highest BCUT2D eigenvalue weighted by molar-refractivity contribution is 5.94. The highest BCUT2D eigenvalue weighted by Crippen LogP contribution is 2.22. The summed E-state index contributed by atoms with van der Waals surface area (Å²) in [7, 11) is 0. The number of aromatic nitrogens is 1. The fourth-order valence-corrected chi connectivity index (χ4v) is 4.26. The molecule has 1 saturated heterocycles. The number of hydrogen-bond donors (Lipinski definition) is 3. The topological polar surface area (TPSA) is 129 Å². The number of amides is 3. The summed E-state index contributed by atoms with van der Waals surface area (Å²) in [5.74, 6) is -1.98. The van der Waals surface area contributed by atoms with E-state index >= 15 is 0 Å². The van der Waals surface area contributed by atoms with Crippen LogP contribution in [0.1, 0.15) is 39.9 Å². The van der Waals surface area contributed by atoms with Crippen LogP contribution in [0.2, 0.25) is 0 Å². The number of carboxylic acid groups (broad SMARTS) is 1. The number of aliphatic carboxylic acids is 1. The third-order valence-corrected chi connectivity index (χ3v) is 6.28. The van der Waals surface area contributed by atoms with Crippen LogP contribution in [0.3, 0.4) is 0 Å². The molecule has 0 unspecified atom stereocenters. The molecule has 1 aliphatic rings. The lowest BCUT2D eigenvalue weighted by molar-refractivity contribution is -0.143. The van der Waals surface area contributed by atoms with Crippen LogP contribution in [0.5, 0.6) is 0 Å². The molecule has 0 bridgehead atoms. The van der Waals surface area contributed by atoms with E-state index in [2.05, 4.69) is 15.6 Å². The van der Waals surface area contributed by atoms with Gasteiger partial charge in [-0.25, -0.2) is 4.79 Å². The van der Waals surface area contributed by atoms with Crippen molar-refractivity contribution in [3.8, 4) is 0 Å². The van der Waals surface area contributed by atoms with Crippen molar-refractivity contribution < 1.29 is 24.3 Å². The Morgan fingerprint density at radius 2 is 1.70 bits per heavy atom. The second-order valence-corrected chi connectivity index (χ2v) is 8.91. The molecule has 1 fully saturated rings. The van der Waals surface area contributed by atoms with Crippen molar-refractivity contribution in [1.82, 2.24) is 20.5 Å². The van der Waals surface area contributed by atoms with Crippen LogP contribution < -0.4 is 10.6 Å². The van der Waals surface area contributed by atoms with E-state index in [0.717, 1.165) is 16.7 Å². The molecule has 0 spiro atoms. The Kier molecular flexibility index (Phi) is 8.25. The first-order valence-corrected chi connectivity index (χ1v) is 12.0. The molecule has 3 aromatic rings. The number of carbonyl (C=O) groups excluding carboxylic acids is 3. The third kappa shape index (κ3) is 6.78. The van der Waals surface area contributed by atoms with Crippen molar-refractivity contribution in [2.24, 2.45) is 0 Å². The molecule has 3 N–H and O–H groups in total.